The van der Waals surface area contributed by atoms with E-state index in [-0.39, 0.29) is 35.8 Å². The number of anilines is 1. The Bertz CT molecular complexity index is 2030. The van der Waals surface area contributed by atoms with Gasteiger partial charge in [0.2, 0.25) is 11.5 Å². The van der Waals surface area contributed by atoms with Crippen LogP contribution >= 0.6 is 11.3 Å². The fourth-order valence-corrected chi connectivity index (χ4v) is 8.29. The number of carbonyl (C=O) groups is 4. The Hall–Kier alpha value is -5.56. The highest BCUT2D eigenvalue weighted by Gasteiger charge is 2.52. The maximum Gasteiger partial charge on any atom is 0.353 e. The van der Waals surface area contributed by atoms with Gasteiger partial charge < -0.3 is 29.8 Å². The summed E-state index contributed by atoms with van der Waals surface area (Å²) < 4.78 is 11.1. The van der Waals surface area contributed by atoms with E-state index in [1.54, 1.807) is 46.9 Å². The number of fused-ring (bicyclic) bond motifs is 1. The summed E-state index contributed by atoms with van der Waals surface area (Å²) in [4.78, 5) is 66.8. The van der Waals surface area contributed by atoms with Crippen LogP contribution in [0, 0.1) is 5.92 Å². The number of nitrogens with one attached hydrogen (secondary N) is 2. The van der Waals surface area contributed by atoms with Crippen LogP contribution in [0.4, 0.5) is 5.13 Å². The molecule has 1 aromatic heterocycles. The van der Waals surface area contributed by atoms with Crippen molar-refractivity contribution in [1.29, 1.82) is 0 Å². The molecule has 2 amide bonds. The number of likely N-dealkylation sites (tertiary alicyclic amines) is 1. The lowest BCUT2D eigenvalue weighted by Crippen LogP contribution is -2.48. The first-order chi connectivity index (χ1) is 27.4. The number of oxime groups is 1. The molecule has 3 aromatic carbocycles. The monoisotopic (exact) mass is 807 g/mol. The van der Waals surface area contributed by atoms with Crippen molar-refractivity contribution >= 4 is 45.9 Å². The maximum atomic E-state index is 14.5. The molecule has 0 spiro atoms. The molecule has 12 nitrogen and oxygen atoms in total. The van der Waals surface area contributed by atoms with Crippen LogP contribution in [-0.2, 0) is 39.0 Å². The Morgan fingerprint density at radius 1 is 0.793 bits per heavy atom. The minimum Gasteiger partial charge on any atom is -0.459 e. The molecule has 6 rings (SSSR count). The van der Waals surface area contributed by atoms with E-state index in [1.807, 2.05) is 54.6 Å². The van der Waals surface area contributed by atoms with Crippen LogP contribution in [0.2, 0.25) is 0 Å². The Balaban J connectivity index is 1.37. The van der Waals surface area contributed by atoms with Crippen LogP contribution in [0.1, 0.15) is 97.0 Å². The largest absolute Gasteiger partial charge is 0.459 e. The van der Waals surface area contributed by atoms with E-state index >= 15 is 0 Å². The molecule has 13 heteroatoms. The normalized spacial score (nSPS) is 18.7. The number of carbonyl (C=O) groups excluding carboxylic acids is 4. The highest BCUT2D eigenvalue weighted by Crippen LogP contribution is 2.41. The first kappa shape index (κ1) is 42.1. The van der Waals surface area contributed by atoms with Crippen molar-refractivity contribution in [3.8, 4) is 0 Å². The molecule has 1 saturated heterocycles. The lowest BCUT2D eigenvalue weighted by Gasteiger charge is -2.36. The molecular weight excluding hydrogens is 755 g/mol. The molecule has 2 heterocycles. The molecule has 1 aliphatic heterocycles. The van der Waals surface area contributed by atoms with Gasteiger partial charge in [0, 0.05) is 17.3 Å². The summed E-state index contributed by atoms with van der Waals surface area (Å²) in [5.41, 5.74) is -1.22. The molecule has 3 atom stereocenters. The van der Waals surface area contributed by atoms with E-state index in [1.165, 1.54) is 30.1 Å². The SMILES string of the molecule is CC(C)(C)OC(=O)CN1C(=O)[C@@H](NC(=O)/C(=N\OC(C)(C)C(=O)OC(C)(C)C)c2csc(NC(c3ccccc3)(c3ccccc3)c3ccccc3)n2)[C@H]2CCC[C@@H]21. The summed E-state index contributed by atoms with van der Waals surface area (Å²) in [5.74, 6) is -2.52. The third-order valence-electron chi connectivity index (χ3n) is 10.0. The first-order valence-corrected chi connectivity index (χ1v) is 20.5. The average Bonchev–Trinajstić information content (AvgIpc) is 3.89. The third kappa shape index (κ3) is 9.41. The standard InChI is InChI=1S/C45H53N5O7S/c1-42(2,3)55-35(51)27-50-34-26-18-25-32(34)36(39(50)53)47-38(52)37(49-57-44(7,8)40(54)56-43(4,5)6)33-28-58-41(46-33)48-45(29-19-12-9-13-20-29,30-21-14-10-15-22-30)31-23-16-11-17-24-31/h9-17,19-24,28,32,34,36H,18,25-27H2,1-8H3,(H,46,48)(H,47,52)/b49-37-/t32-,34-,36-/m0/s1. The summed E-state index contributed by atoms with van der Waals surface area (Å²) in [6.07, 6.45) is 2.22. The predicted octanol–water partition coefficient (Wildman–Crippen LogP) is 7.23. The van der Waals surface area contributed by atoms with Gasteiger partial charge in [-0.1, -0.05) is 103 Å². The topological polar surface area (TPSA) is 149 Å². The summed E-state index contributed by atoms with van der Waals surface area (Å²) in [6.45, 7) is 13.3. The molecule has 4 aromatic rings. The van der Waals surface area contributed by atoms with Crippen molar-refractivity contribution in [3.63, 3.8) is 0 Å². The quantitative estimate of drug-likeness (QED) is 0.0618. The minimum atomic E-state index is -1.59. The Morgan fingerprint density at radius 3 is 1.84 bits per heavy atom. The number of thiazole rings is 1. The number of hydrogen-bond donors (Lipinski definition) is 2. The zero-order valence-corrected chi connectivity index (χ0v) is 35.2. The van der Waals surface area contributed by atoms with Gasteiger partial charge in [-0.2, -0.15) is 0 Å². The van der Waals surface area contributed by atoms with E-state index < -0.39 is 46.2 Å². The summed E-state index contributed by atoms with van der Waals surface area (Å²) in [6, 6.07) is 28.9. The molecule has 58 heavy (non-hydrogen) atoms. The molecule has 1 aliphatic carbocycles. The molecule has 0 radical (unpaired) electrons. The fraction of sp³-hybridized carbons (Fsp3) is 0.422. The molecule has 0 unspecified atom stereocenters. The second kappa shape index (κ2) is 16.7. The molecule has 2 aliphatic rings. The molecule has 306 valence electrons. The molecule has 2 N–H and O–H groups in total. The van der Waals surface area contributed by atoms with Crippen molar-refractivity contribution in [2.75, 3.05) is 11.9 Å². The lowest BCUT2D eigenvalue weighted by molar-refractivity contribution is -0.179. The smallest absolute Gasteiger partial charge is 0.353 e. The van der Waals surface area contributed by atoms with E-state index in [0.29, 0.717) is 18.0 Å². The fourth-order valence-electron chi connectivity index (χ4n) is 7.54. The van der Waals surface area contributed by atoms with Gasteiger partial charge in [-0.3, -0.25) is 14.4 Å². The van der Waals surface area contributed by atoms with Gasteiger partial charge in [0.05, 0.1) is 0 Å². The average molecular weight is 808 g/mol. The minimum absolute atomic E-state index is 0.159. The van der Waals surface area contributed by atoms with E-state index in [9.17, 15) is 19.2 Å². The number of benzene rings is 3. The van der Waals surface area contributed by atoms with Crippen LogP contribution in [0.3, 0.4) is 0 Å². The number of hydrogen-bond acceptors (Lipinski definition) is 11. The van der Waals surface area contributed by atoms with Gasteiger partial charge in [0.25, 0.3) is 5.91 Å². The van der Waals surface area contributed by atoms with Crippen molar-refractivity contribution in [2.45, 2.75) is 109 Å². The Kier molecular flexibility index (Phi) is 12.1. The third-order valence-corrected chi connectivity index (χ3v) is 10.8. The molecule has 2 fully saturated rings. The zero-order valence-electron chi connectivity index (χ0n) is 34.4. The van der Waals surface area contributed by atoms with Gasteiger partial charge in [-0.25, -0.2) is 9.78 Å². The van der Waals surface area contributed by atoms with Gasteiger partial charge in [-0.05, 0) is 84.9 Å². The first-order valence-electron chi connectivity index (χ1n) is 19.6. The Morgan fingerprint density at radius 2 is 1.33 bits per heavy atom. The highest BCUT2D eigenvalue weighted by atomic mass is 32.1. The summed E-state index contributed by atoms with van der Waals surface area (Å²) >= 11 is 1.27. The van der Waals surface area contributed by atoms with Crippen molar-refractivity contribution in [2.24, 2.45) is 11.1 Å². The van der Waals surface area contributed by atoms with Gasteiger partial charge >= 0.3 is 11.9 Å². The number of nitrogens with zero attached hydrogens (tertiary/aromatic N) is 3. The van der Waals surface area contributed by atoms with E-state index in [2.05, 4.69) is 52.2 Å². The number of amides is 2. The molecule has 1 saturated carbocycles. The van der Waals surface area contributed by atoms with E-state index in [0.717, 1.165) is 23.1 Å². The van der Waals surface area contributed by atoms with Crippen LogP contribution in [0.25, 0.3) is 0 Å². The van der Waals surface area contributed by atoms with Crippen LogP contribution in [0.15, 0.2) is 102 Å². The summed E-state index contributed by atoms with van der Waals surface area (Å²) in [5, 5.41) is 13.1. The van der Waals surface area contributed by atoms with Gasteiger partial charge in [0.1, 0.15) is 35.0 Å². The predicted molar refractivity (Wildman–Crippen MR) is 223 cm³/mol. The van der Waals surface area contributed by atoms with Crippen LogP contribution in [-0.4, -0.2) is 74.8 Å². The number of aromatic nitrogens is 1. The molecule has 0 bridgehead atoms. The second-order valence-electron chi connectivity index (χ2n) is 17.2. The number of rotatable bonds is 13. The maximum absolute atomic E-state index is 14.5. The van der Waals surface area contributed by atoms with Crippen LogP contribution < -0.4 is 10.6 Å². The van der Waals surface area contributed by atoms with Gasteiger partial charge in [-0.15, -0.1) is 11.3 Å². The van der Waals surface area contributed by atoms with Crippen molar-refractivity contribution in [1.82, 2.24) is 15.2 Å². The number of ether oxygens (including phenoxy) is 2. The highest BCUT2D eigenvalue weighted by molar-refractivity contribution is 7.14. The lowest BCUT2D eigenvalue weighted by atomic mass is 9.77. The Labute approximate surface area is 344 Å². The van der Waals surface area contributed by atoms with Crippen LogP contribution in [0.5, 0.6) is 0 Å². The number of esters is 2. The zero-order chi connectivity index (χ0) is 41.9. The van der Waals surface area contributed by atoms with Crippen molar-refractivity contribution in [3.05, 3.63) is 119 Å². The van der Waals surface area contributed by atoms with Gasteiger partial charge in [0.15, 0.2) is 10.8 Å². The van der Waals surface area contributed by atoms with E-state index in [4.69, 9.17) is 19.3 Å². The second-order valence-corrected chi connectivity index (χ2v) is 18.1. The van der Waals surface area contributed by atoms with Crippen molar-refractivity contribution < 1.29 is 33.5 Å². The summed E-state index contributed by atoms with van der Waals surface area (Å²) in [7, 11) is 0. The molecular formula is C45H53N5O7S.